The summed E-state index contributed by atoms with van der Waals surface area (Å²) < 4.78 is 99.0. The van der Waals surface area contributed by atoms with E-state index in [9.17, 15) is 26.3 Å². The molecule has 15 heavy (non-hydrogen) atoms. The average Bonchev–Trinajstić information content (AvgIpc) is 1.83. The van der Waals surface area contributed by atoms with Gasteiger partial charge in [0.25, 0.3) is 0 Å². The zero-order chi connectivity index (χ0) is 12.2. The van der Waals surface area contributed by atoms with E-state index >= 15 is 0 Å². The maximum atomic E-state index is 10.6. The second-order valence-corrected chi connectivity index (χ2v) is 3.23. The molecule has 0 aliphatic carbocycles. The van der Waals surface area contributed by atoms with Crippen molar-refractivity contribution in [3.05, 3.63) is 0 Å². The summed E-state index contributed by atoms with van der Waals surface area (Å²) in [5.41, 5.74) is -10.2. The van der Waals surface area contributed by atoms with Crippen molar-refractivity contribution in [3.8, 4) is 0 Å². The van der Waals surface area contributed by atoms with E-state index in [2.05, 4.69) is 0 Å². The third-order valence-corrected chi connectivity index (χ3v) is 1.13. The maximum Gasteiger partial charge on any atom is 2.00 e. The summed E-state index contributed by atoms with van der Waals surface area (Å²) in [5, 5.41) is 0. The van der Waals surface area contributed by atoms with Crippen molar-refractivity contribution < 1.29 is 43.2 Å². The summed E-state index contributed by atoms with van der Waals surface area (Å²) >= 11 is 0. The molecular weight excluding hydrogens is 290 g/mol. The molecule has 0 heterocycles. The molecule has 0 amide bonds. The van der Waals surface area contributed by atoms with Crippen molar-refractivity contribution in [2.24, 2.45) is 0 Å². The van der Waals surface area contributed by atoms with Gasteiger partial charge in [0.1, 0.15) is 0 Å². The number of hydrogen-bond donors (Lipinski definition) is 0. The van der Waals surface area contributed by atoms with Crippen LogP contribution >= 0.6 is 0 Å². The molecule has 0 aromatic heterocycles. The molecule has 0 aliphatic rings. The molecule has 0 unspecified atom stereocenters. The summed E-state index contributed by atoms with van der Waals surface area (Å²) in [5.74, 6) is 0. The molecule has 4 nitrogen and oxygen atoms in total. The van der Waals surface area contributed by atoms with Gasteiger partial charge in [-0.1, -0.05) is 0 Å². The molecule has 88 valence electrons. The predicted octanol–water partition coefficient (Wildman–Crippen LogP) is 1.25. The van der Waals surface area contributed by atoms with E-state index in [0.717, 1.165) is 0 Å². The molecule has 0 spiro atoms. The molecule has 0 aromatic rings. The fourth-order valence-electron chi connectivity index (χ4n) is 0. The smallest absolute Gasteiger partial charge is 0.416 e. The van der Waals surface area contributed by atoms with Gasteiger partial charge >= 0.3 is 34.1 Å². The Morgan fingerprint density at radius 3 is 0.667 bits per heavy atom. The molecule has 0 saturated carbocycles. The van der Waals surface area contributed by atoms with Crippen LogP contribution in [0.4, 0.5) is 26.3 Å². The first-order valence-corrected chi connectivity index (χ1v) is 4.36. The topological polar surface area (TPSA) is 68.3 Å². The minimum absolute atomic E-state index is 0. The van der Waals surface area contributed by atoms with E-state index in [4.69, 9.17) is 16.8 Å². The van der Waals surface area contributed by atoms with Crippen molar-refractivity contribution in [2.45, 2.75) is 11.0 Å². The molecule has 0 fully saturated rings. The van der Waals surface area contributed by atoms with E-state index < -0.39 is 32.4 Å². The van der Waals surface area contributed by atoms with Gasteiger partial charge in [-0.05, 0) is 0 Å². The van der Waals surface area contributed by atoms with Crippen LogP contribution in [0.2, 0.25) is 0 Å². The van der Waals surface area contributed by atoms with Gasteiger partial charge in [0, 0.05) is 21.4 Å². The van der Waals surface area contributed by atoms with Gasteiger partial charge in [-0.15, -0.1) is 0 Å². The van der Waals surface area contributed by atoms with Gasteiger partial charge in [-0.25, -0.2) is 0 Å². The summed E-state index contributed by atoms with van der Waals surface area (Å²) in [6, 6.07) is 0. The first-order chi connectivity index (χ1) is 5.89. The third kappa shape index (κ3) is 14.2. The van der Waals surface area contributed by atoms with E-state index in [0.29, 0.717) is 0 Å². The number of halogens is 6. The molecule has 0 atom stereocenters. The van der Waals surface area contributed by atoms with Crippen LogP contribution in [0.25, 0.3) is 0 Å². The van der Waals surface area contributed by atoms with Crippen LogP contribution < -0.4 is 0 Å². The molecule has 0 radical (unpaired) electrons. The summed E-state index contributed by atoms with van der Waals surface area (Å²) in [7, 11) is -7.87. The summed E-state index contributed by atoms with van der Waals surface area (Å²) in [4.78, 5) is 0. The summed E-state index contributed by atoms with van der Waals surface area (Å²) in [6.07, 6.45) is 0. The fourth-order valence-corrected chi connectivity index (χ4v) is 0. The Bertz CT molecular complexity index is 264. The molecule has 13 heteroatoms. The SMILES string of the molecule is O=[S-](=O)C(F)(F)F.O=[S-](=O)C(F)(F)F.[Mg+2]. The van der Waals surface area contributed by atoms with E-state index in [1.807, 2.05) is 0 Å². The van der Waals surface area contributed by atoms with Crippen molar-refractivity contribution in [1.82, 2.24) is 0 Å². The predicted molar refractivity (Wildman–Crippen MR) is 35.3 cm³/mol. The first-order valence-electron chi connectivity index (χ1n) is 2.21. The summed E-state index contributed by atoms with van der Waals surface area (Å²) in [6.45, 7) is 0. The monoisotopic (exact) mass is 290 g/mol. The Morgan fingerprint density at radius 1 is 0.600 bits per heavy atom. The van der Waals surface area contributed by atoms with Crippen LogP contribution in [0.1, 0.15) is 0 Å². The molecule has 0 rings (SSSR count). The standard InChI is InChI=1S/2CF3O2S.Mg/c2*2-1(3,4)7(5)6;/q2*-1;+2. The quantitative estimate of drug-likeness (QED) is 0.382. The second kappa shape index (κ2) is 7.51. The van der Waals surface area contributed by atoms with Crippen LogP contribution in [0, 0.1) is 0 Å². The zero-order valence-electron chi connectivity index (χ0n) is 6.42. The maximum absolute atomic E-state index is 10.6. The van der Waals surface area contributed by atoms with Crippen LogP contribution in [0.15, 0.2) is 0 Å². The zero-order valence-corrected chi connectivity index (χ0v) is 9.47. The van der Waals surface area contributed by atoms with E-state index in [1.54, 1.807) is 0 Å². The number of rotatable bonds is 0. The van der Waals surface area contributed by atoms with Gasteiger partial charge in [0.2, 0.25) is 0 Å². The number of hydrogen-bond acceptors (Lipinski definition) is 6. The normalized spacial score (nSPS) is 11.7. The van der Waals surface area contributed by atoms with Crippen molar-refractivity contribution in [2.75, 3.05) is 0 Å². The second-order valence-electron chi connectivity index (χ2n) is 1.36. The molecule has 0 aliphatic heterocycles. The Morgan fingerprint density at radius 2 is 0.667 bits per heavy atom. The minimum atomic E-state index is -5.08. The average molecular weight is 290 g/mol. The van der Waals surface area contributed by atoms with Crippen LogP contribution in [0.3, 0.4) is 0 Å². The third-order valence-electron chi connectivity index (χ3n) is 0.378. The van der Waals surface area contributed by atoms with Crippen molar-refractivity contribution >= 4 is 44.5 Å². The Hall–Kier alpha value is 0.246. The van der Waals surface area contributed by atoms with Gasteiger partial charge in [-0.3, -0.25) is 0 Å². The van der Waals surface area contributed by atoms with Crippen LogP contribution in [-0.4, -0.2) is 34.1 Å². The largest absolute Gasteiger partial charge is 2.00 e. The Kier molecular flexibility index (Phi) is 10.3. The molecule has 0 N–H and O–H groups in total. The van der Waals surface area contributed by atoms with E-state index in [-0.39, 0.29) is 23.1 Å². The van der Waals surface area contributed by atoms with Gasteiger partial charge < -0.3 is 16.8 Å². The van der Waals surface area contributed by atoms with Gasteiger partial charge in [0.15, 0.2) is 0 Å². The Balaban J connectivity index is -0.000000180. The van der Waals surface area contributed by atoms with E-state index in [1.165, 1.54) is 0 Å². The van der Waals surface area contributed by atoms with Crippen molar-refractivity contribution in [3.63, 3.8) is 0 Å². The van der Waals surface area contributed by atoms with Gasteiger partial charge in [0.05, 0.1) is 0 Å². The van der Waals surface area contributed by atoms with Gasteiger partial charge in [-0.2, -0.15) is 26.3 Å². The first kappa shape index (κ1) is 20.6. The molecular formula is C2F6MgO4S2. The van der Waals surface area contributed by atoms with Crippen LogP contribution in [-0.2, 0) is 38.2 Å². The van der Waals surface area contributed by atoms with Crippen LogP contribution in [0.5, 0.6) is 0 Å². The number of alkyl halides is 6. The molecule has 0 bridgehead atoms. The molecule has 0 saturated heterocycles. The molecule has 0 aromatic carbocycles. The van der Waals surface area contributed by atoms with Crippen molar-refractivity contribution in [1.29, 1.82) is 0 Å². The fraction of sp³-hybridized carbons (Fsp3) is 1.00. The minimum Gasteiger partial charge on any atom is -0.416 e. The Labute approximate surface area is 98.7 Å².